The number of nitrogens with one attached hydrogen (secondary N) is 1. The van der Waals surface area contributed by atoms with E-state index < -0.39 is 5.91 Å². The number of amides is 1. The number of carbonyl (C=O) groups is 1. The predicted octanol–water partition coefficient (Wildman–Crippen LogP) is 5.18. The van der Waals surface area contributed by atoms with Crippen LogP contribution in [0, 0.1) is 13.2 Å². The third kappa shape index (κ3) is 9.28. The van der Waals surface area contributed by atoms with Crippen molar-refractivity contribution >= 4 is 14.9 Å². The molecule has 1 aromatic heterocycles. The molecular formula is C27H35NO6VW-2. The fraction of sp³-hybridized carbons (Fsp3) is 0.444. The van der Waals surface area contributed by atoms with Crippen LogP contribution >= 0.6 is 0 Å². The third-order valence-electron chi connectivity index (χ3n) is 5.33. The minimum absolute atomic E-state index is 0.104. The number of fused-ring (bicyclic) bond motifs is 1. The topological polar surface area (TPSA) is 79.2 Å². The molecule has 7 nitrogen and oxygen atoms in total. The molecule has 1 amide bonds. The molecule has 1 aliphatic carbocycles. The quantitative estimate of drug-likeness (QED) is 0.302. The maximum absolute atomic E-state index is 12.5. The van der Waals surface area contributed by atoms with Crippen LogP contribution in [0.2, 0.25) is 0 Å². The summed E-state index contributed by atoms with van der Waals surface area (Å²) in [6, 6.07) is 7.49. The van der Waals surface area contributed by atoms with Gasteiger partial charge in [0.25, 0.3) is 0 Å². The van der Waals surface area contributed by atoms with E-state index in [1.165, 1.54) is 51.1 Å². The molecule has 0 unspecified atom stereocenters. The van der Waals surface area contributed by atoms with Crippen LogP contribution in [0.5, 0.6) is 11.7 Å². The number of carbonyl (C=O) groups excluding carboxylic acids is 1. The molecule has 1 aliphatic rings. The SMILES string of the molecule is CC.CO[C-]=C(NC(=O)c1ccc(Oc2cc3c(cc2C)CCCC3(C)C)o1)[C](=[V])OC.CO[C-]=[W]. The van der Waals surface area contributed by atoms with Gasteiger partial charge in [0, 0.05) is 0 Å². The zero-order chi connectivity index (χ0) is 27.3. The Morgan fingerprint density at radius 2 is 1.83 bits per heavy atom. The summed E-state index contributed by atoms with van der Waals surface area (Å²) in [6.45, 7) is 10.5. The van der Waals surface area contributed by atoms with E-state index in [0.717, 1.165) is 24.2 Å². The van der Waals surface area contributed by atoms with Gasteiger partial charge in [-0.25, -0.2) is 0 Å². The number of aryl methyl sites for hydroxylation is 2. The van der Waals surface area contributed by atoms with E-state index in [0.29, 0.717) is 4.41 Å². The van der Waals surface area contributed by atoms with Gasteiger partial charge >= 0.3 is 189 Å². The first-order valence-corrected chi connectivity index (χ1v) is 13.7. The van der Waals surface area contributed by atoms with Gasteiger partial charge in [0.05, 0.1) is 0 Å². The van der Waals surface area contributed by atoms with Crippen molar-refractivity contribution in [3.8, 4) is 11.7 Å². The number of ether oxygens (including phenoxy) is 4. The van der Waals surface area contributed by atoms with E-state index in [2.05, 4.69) is 63.9 Å². The molecular weight excluding hydrogens is 669 g/mol. The standard InChI is InChI=1S/C23H26NO5.C2H3O.C2H6.V.W/c1-15-11-16-7-6-10-23(2,3)18(16)12-20(15)29-21-9-8-19(28-21)22(25)24-17(13-26-4)14-27-5;1-3-2;1-2;;/h8-9,11-12H,6-7,10H2,1-5H3,(H,24,25);1H3;1-2H3;;/q2*-1;;;. The first-order chi connectivity index (χ1) is 17.2. The maximum atomic E-state index is 12.5. The van der Waals surface area contributed by atoms with Gasteiger partial charge in [0.15, 0.2) is 0 Å². The molecule has 0 spiro atoms. The zero-order valence-corrected chi connectivity index (χ0v) is 26.6. The van der Waals surface area contributed by atoms with Crippen LogP contribution in [0.1, 0.15) is 67.8 Å². The summed E-state index contributed by atoms with van der Waals surface area (Å²) in [5.74, 6) is 0.626. The summed E-state index contributed by atoms with van der Waals surface area (Å²) in [5, 5.41) is 2.64. The molecule has 1 N–H and O–H groups in total. The Hall–Kier alpha value is -1.76. The Morgan fingerprint density at radius 3 is 2.42 bits per heavy atom. The first-order valence-electron chi connectivity index (χ1n) is 11.6. The minimum atomic E-state index is -0.465. The Bertz CT molecular complexity index is 1060. The Kier molecular flexibility index (Phi) is 14.5. The van der Waals surface area contributed by atoms with Crippen LogP contribution in [0.25, 0.3) is 0 Å². The monoisotopic (exact) mass is 704 g/mol. The normalized spacial score (nSPS) is 13.6. The van der Waals surface area contributed by atoms with Crippen LogP contribution in [0.15, 0.2) is 34.4 Å². The van der Waals surface area contributed by atoms with Crippen molar-refractivity contribution < 1.29 is 64.5 Å². The second-order valence-electron chi connectivity index (χ2n) is 8.17. The van der Waals surface area contributed by atoms with Crippen LogP contribution < -0.4 is 10.1 Å². The van der Waals surface area contributed by atoms with Gasteiger partial charge in [0.1, 0.15) is 0 Å². The molecule has 197 valence electrons. The Labute approximate surface area is 234 Å². The molecule has 0 fully saturated rings. The van der Waals surface area contributed by atoms with Crippen molar-refractivity contribution in [2.24, 2.45) is 0 Å². The van der Waals surface area contributed by atoms with Crippen LogP contribution in [0.3, 0.4) is 0 Å². The number of benzene rings is 1. The van der Waals surface area contributed by atoms with Crippen molar-refractivity contribution in [3.63, 3.8) is 0 Å². The summed E-state index contributed by atoms with van der Waals surface area (Å²) in [5.41, 5.74) is 4.11. The van der Waals surface area contributed by atoms with Crippen LogP contribution in [-0.2, 0) is 62.4 Å². The first kappa shape index (κ1) is 32.3. The van der Waals surface area contributed by atoms with Gasteiger partial charge in [-0.1, -0.05) is 27.7 Å². The third-order valence-corrected chi connectivity index (χ3v) is 6.56. The predicted molar refractivity (Wildman–Crippen MR) is 133 cm³/mol. The summed E-state index contributed by atoms with van der Waals surface area (Å²) < 4.78 is 28.8. The molecule has 1 heterocycles. The average molecular weight is 704 g/mol. The molecule has 0 saturated heterocycles. The number of methoxy groups -OCH3 is 3. The van der Waals surface area contributed by atoms with E-state index in [4.69, 9.17) is 18.6 Å². The van der Waals surface area contributed by atoms with E-state index in [1.807, 2.05) is 20.8 Å². The number of hydrogen-bond donors (Lipinski definition) is 1. The van der Waals surface area contributed by atoms with Gasteiger partial charge in [0.2, 0.25) is 0 Å². The van der Waals surface area contributed by atoms with Crippen molar-refractivity contribution in [1.29, 1.82) is 0 Å². The molecule has 0 bridgehead atoms. The summed E-state index contributed by atoms with van der Waals surface area (Å²) in [7, 11) is 4.51. The van der Waals surface area contributed by atoms with Gasteiger partial charge < -0.3 is 0 Å². The second kappa shape index (κ2) is 16.2. The number of hydrogen-bond acceptors (Lipinski definition) is 6. The fourth-order valence-electron chi connectivity index (χ4n) is 3.66. The van der Waals surface area contributed by atoms with Crippen molar-refractivity contribution in [1.82, 2.24) is 5.32 Å². The van der Waals surface area contributed by atoms with Crippen molar-refractivity contribution in [2.75, 3.05) is 21.3 Å². The zero-order valence-electron chi connectivity index (χ0n) is 22.2. The molecule has 0 atom stereocenters. The Morgan fingerprint density at radius 1 is 1.17 bits per heavy atom. The molecule has 1 aromatic carbocycles. The molecule has 9 heteroatoms. The molecule has 2 aromatic rings. The molecule has 0 radical (unpaired) electrons. The summed E-state index contributed by atoms with van der Waals surface area (Å²) in [4.78, 5) is 12.5. The van der Waals surface area contributed by atoms with Gasteiger partial charge in [-0.2, -0.15) is 0 Å². The molecule has 0 saturated carbocycles. The van der Waals surface area contributed by atoms with Crippen LogP contribution in [-0.4, -0.2) is 36.2 Å². The van der Waals surface area contributed by atoms with E-state index >= 15 is 0 Å². The number of rotatable bonds is 8. The summed E-state index contributed by atoms with van der Waals surface area (Å²) in [6.07, 6.45) is 6.00. The second-order valence-corrected chi connectivity index (χ2v) is 9.40. The summed E-state index contributed by atoms with van der Waals surface area (Å²) >= 11 is 3.42. The van der Waals surface area contributed by atoms with E-state index in [9.17, 15) is 4.79 Å². The van der Waals surface area contributed by atoms with Crippen molar-refractivity contribution in [3.05, 3.63) is 58.7 Å². The Balaban J connectivity index is 0.000000982. The number of furan rings is 1. The molecule has 36 heavy (non-hydrogen) atoms. The van der Waals surface area contributed by atoms with E-state index in [1.54, 1.807) is 19.2 Å². The van der Waals surface area contributed by atoms with Gasteiger partial charge in [-0.3, -0.25) is 0 Å². The van der Waals surface area contributed by atoms with Crippen molar-refractivity contribution in [2.45, 2.75) is 59.3 Å². The van der Waals surface area contributed by atoms with E-state index in [-0.39, 0.29) is 22.8 Å². The molecule has 0 aliphatic heterocycles. The molecule has 3 rings (SSSR count). The van der Waals surface area contributed by atoms with Gasteiger partial charge in [-0.15, -0.1) is 0 Å². The van der Waals surface area contributed by atoms with Crippen LogP contribution in [0.4, 0.5) is 0 Å². The fourth-order valence-corrected chi connectivity index (χ4v) is 3.82. The van der Waals surface area contributed by atoms with Gasteiger partial charge in [-0.05, 0) is 19.3 Å². The average Bonchev–Trinajstić information content (AvgIpc) is 3.34.